The van der Waals surface area contributed by atoms with Crippen molar-refractivity contribution in [3.63, 3.8) is 0 Å². The van der Waals surface area contributed by atoms with Gasteiger partial charge in [-0.15, -0.1) is 0 Å². The molecule has 0 aliphatic carbocycles. The maximum atomic E-state index is 12.5. The topological polar surface area (TPSA) is 145 Å². The molecule has 1 aliphatic rings. The second-order valence-corrected chi connectivity index (χ2v) is 5.69. The smallest absolute Gasteiger partial charge is 0.251 e. The molecule has 0 spiro atoms. The van der Waals surface area contributed by atoms with Gasteiger partial charge in [-0.3, -0.25) is 4.79 Å². The van der Waals surface area contributed by atoms with E-state index in [1.807, 2.05) is 0 Å². The molecule has 1 aliphatic heterocycles. The molecule has 25 heavy (non-hydrogen) atoms. The van der Waals surface area contributed by atoms with Crippen LogP contribution in [0.15, 0.2) is 28.4 Å². The molecular weight excluding hydrogens is 326 g/mol. The number of ether oxygens (including phenoxy) is 2. The lowest BCUT2D eigenvalue weighted by molar-refractivity contribution is -0.106. The summed E-state index contributed by atoms with van der Waals surface area (Å²) in [6.07, 6.45) is 1.66. The van der Waals surface area contributed by atoms with Crippen molar-refractivity contribution in [2.45, 2.75) is 25.0 Å². The Kier molecular flexibility index (Phi) is 6.62. The first-order valence-electron chi connectivity index (χ1n) is 7.73. The van der Waals surface area contributed by atoms with Gasteiger partial charge in [-0.25, -0.2) is 0 Å². The van der Waals surface area contributed by atoms with Crippen LogP contribution in [0.3, 0.4) is 0 Å². The number of carbonyl (C=O) groups excluding carboxylic acids is 1. The van der Waals surface area contributed by atoms with Crippen LogP contribution in [0, 0.1) is 0 Å². The molecule has 1 aromatic rings. The van der Waals surface area contributed by atoms with Gasteiger partial charge in [0.25, 0.3) is 5.91 Å². The number of azide groups is 2. The lowest BCUT2D eigenvalue weighted by atomic mass is 9.96. The number of methoxy groups -OCH3 is 1. The molecule has 0 bridgehead atoms. The monoisotopic (exact) mass is 345 g/mol. The Bertz CT molecular complexity index is 718. The van der Waals surface area contributed by atoms with Gasteiger partial charge in [0.05, 0.1) is 13.2 Å². The first-order chi connectivity index (χ1) is 12.1. The van der Waals surface area contributed by atoms with Gasteiger partial charge in [-0.2, -0.15) is 0 Å². The molecule has 1 fully saturated rings. The van der Waals surface area contributed by atoms with E-state index >= 15 is 0 Å². The molecular formula is C15H19N7O3. The normalized spacial score (nSPS) is 19.4. The van der Waals surface area contributed by atoms with E-state index < -0.39 is 5.60 Å². The van der Waals surface area contributed by atoms with Crippen molar-refractivity contribution in [2.75, 3.05) is 26.9 Å². The van der Waals surface area contributed by atoms with E-state index in [0.717, 1.165) is 12.8 Å². The zero-order valence-electron chi connectivity index (χ0n) is 13.9. The van der Waals surface area contributed by atoms with Crippen LogP contribution >= 0.6 is 0 Å². The third kappa shape index (κ3) is 5.10. The van der Waals surface area contributed by atoms with Crippen LogP contribution in [0.1, 0.15) is 28.8 Å². The maximum absolute atomic E-state index is 12.5. The number of hydrogen-bond acceptors (Lipinski definition) is 5. The van der Waals surface area contributed by atoms with E-state index in [9.17, 15) is 4.79 Å². The van der Waals surface area contributed by atoms with Crippen LogP contribution in [-0.4, -0.2) is 38.4 Å². The van der Waals surface area contributed by atoms with Gasteiger partial charge in [-0.05, 0) is 47.7 Å². The zero-order chi connectivity index (χ0) is 18.1. The molecule has 0 radical (unpaired) electrons. The van der Waals surface area contributed by atoms with E-state index in [-0.39, 0.29) is 18.1 Å². The van der Waals surface area contributed by atoms with Crippen LogP contribution in [0.5, 0.6) is 0 Å². The predicted molar refractivity (Wildman–Crippen MR) is 90.2 cm³/mol. The largest absolute Gasteiger partial charge is 0.378 e. The van der Waals surface area contributed by atoms with Crippen LogP contribution in [0.4, 0.5) is 5.69 Å². The van der Waals surface area contributed by atoms with Crippen LogP contribution in [-0.2, 0) is 16.0 Å². The van der Waals surface area contributed by atoms with Crippen molar-refractivity contribution in [1.29, 1.82) is 0 Å². The van der Waals surface area contributed by atoms with Gasteiger partial charge in [-0.1, -0.05) is 10.2 Å². The maximum Gasteiger partial charge on any atom is 0.251 e. The summed E-state index contributed by atoms with van der Waals surface area (Å²) in [4.78, 5) is 17.9. The highest BCUT2D eigenvalue weighted by Gasteiger charge is 2.33. The van der Waals surface area contributed by atoms with Gasteiger partial charge in [0.1, 0.15) is 5.60 Å². The third-order valence-electron chi connectivity index (χ3n) is 4.01. The number of benzene rings is 1. The van der Waals surface area contributed by atoms with E-state index in [4.69, 9.17) is 20.5 Å². The van der Waals surface area contributed by atoms with E-state index in [2.05, 4.69) is 25.4 Å². The minimum absolute atomic E-state index is 0.0570. The minimum Gasteiger partial charge on any atom is -0.378 e. The van der Waals surface area contributed by atoms with E-state index in [0.29, 0.717) is 30.9 Å². The molecule has 1 N–H and O–H groups in total. The Balaban J connectivity index is 2.15. The molecule has 1 atom stereocenters. The molecule has 1 saturated heterocycles. The lowest BCUT2D eigenvalue weighted by Crippen LogP contribution is -2.50. The average Bonchev–Trinajstić information content (AvgIpc) is 2.65. The fourth-order valence-electron chi connectivity index (χ4n) is 2.66. The summed E-state index contributed by atoms with van der Waals surface area (Å²) in [7, 11) is 1.60. The Hall–Kier alpha value is -2.77. The average molecular weight is 345 g/mol. The number of carbonyl (C=O) groups is 1. The molecule has 10 nitrogen and oxygen atoms in total. The summed E-state index contributed by atoms with van der Waals surface area (Å²) in [5.74, 6) is -0.334. The second kappa shape index (κ2) is 8.91. The third-order valence-corrected chi connectivity index (χ3v) is 4.01. The number of nitrogens with one attached hydrogen (secondary N) is 1. The minimum atomic E-state index is -0.537. The number of nitrogens with zero attached hydrogens (tertiary/aromatic N) is 6. The number of amides is 1. The zero-order valence-corrected chi connectivity index (χ0v) is 13.9. The first kappa shape index (κ1) is 18.6. The van der Waals surface area contributed by atoms with Crippen LogP contribution in [0.2, 0.25) is 0 Å². The van der Waals surface area contributed by atoms with Crippen molar-refractivity contribution in [3.8, 4) is 0 Å². The Labute approximate surface area is 144 Å². The molecule has 1 aromatic carbocycles. The van der Waals surface area contributed by atoms with Gasteiger partial charge in [0.2, 0.25) is 0 Å². The summed E-state index contributed by atoms with van der Waals surface area (Å²) in [6, 6.07) is 4.64. The highest BCUT2D eigenvalue weighted by atomic mass is 16.5. The molecule has 132 valence electrons. The van der Waals surface area contributed by atoms with Crippen molar-refractivity contribution < 1.29 is 14.3 Å². The Morgan fingerprint density at radius 1 is 1.40 bits per heavy atom. The SMILES string of the molecule is COC1(CNC(=O)c2cc(CN=[N+]=[N-])cc(N=[N+]=[N-])c2)CCCOC1. The van der Waals surface area contributed by atoms with Gasteiger partial charge in [0, 0.05) is 41.3 Å². The highest BCUT2D eigenvalue weighted by Crippen LogP contribution is 2.23. The van der Waals surface area contributed by atoms with Crippen molar-refractivity contribution in [1.82, 2.24) is 5.32 Å². The first-order valence-corrected chi connectivity index (χ1v) is 7.73. The second-order valence-electron chi connectivity index (χ2n) is 5.69. The molecule has 1 heterocycles. The highest BCUT2D eigenvalue weighted by molar-refractivity contribution is 5.95. The number of hydrogen-bond donors (Lipinski definition) is 1. The standard InChI is InChI=1S/C15H19N7O3/c1-24-15(3-2-4-25-10-15)9-18-14(23)12-5-11(8-19-21-16)6-13(7-12)20-22-17/h5-7H,2-4,8-10H2,1H3,(H,18,23). The van der Waals surface area contributed by atoms with Crippen LogP contribution in [0.25, 0.3) is 20.9 Å². The van der Waals surface area contributed by atoms with E-state index in [1.54, 1.807) is 19.2 Å². The fourth-order valence-corrected chi connectivity index (χ4v) is 2.66. The van der Waals surface area contributed by atoms with Gasteiger partial charge in [0.15, 0.2) is 0 Å². The lowest BCUT2D eigenvalue weighted by Gasteiger charge is -2.35. The fraction of sp³-hybridized carbons (Fsp3) is 0.533. The number of rotatable bonds is 7. The predicted octanol–water partition coefficient (Wildman–Crippen LogP) is 3.36. The molecule has 0 aromatic heterocycles. The summed E-state index contributed by atoms with van der Waals surface area (Å²) >= 11 is 0. The van der Waals surface area contributed by atoms with Crippen molar-refractivity contribution >= 4 is 11.6 Å². The summed E-state index contributed by atoms with van der Waals surface area (Å²) < 4.78 is 11.0. The molecule has 1 unspecified atom stereocenters. The molecule has 1 amide bonds. The summed E-state index contributed by atoms with van der Waals surface area (Å²) in [5, 5.41) is 9.82. The Morgan fingerprint density at radius 3 is 2.88 bits per heavy atom. The summed E-state index contributed by atoms with van der Waals surface area (Å²) in [6.45, 7) is 1.47. The van der Waals surface area contributed by atoms with E-state index in [1.165, 1.54) is 6.07 Å². The van der Waals surface area contributed by atoms with Gasteiger partial charge >= 0.3 is 0 Å². The van der Waals surface area contributed by atoms with Crippen molar-refractivity contribution in [2.24, 2.45) is 10.2 Å². The molecule has 10 heteroatoms. The van der Waals surface area contributed by atoms with Gasteiger partial charge < -0.3 is 14.8 Å². The Morgan fingerprint density at radius 2 is 2.24 bits per heavy atom. The molecule has 2 rings (SSSR count). The van der Waals surface area contributed by atoms with Crippen LogP contribution < -0.4 is 5.32 Å². The molecule has 0 saturated carbocycles. The van der Waals surface area contributed by atoms with Crippen molar-refractivity contribution in [3.05, 3.63) is 50.2 Å². The quantitative estimate of drug-likeness (QED) is 0.459. The summed E-state index contributed by atoms with van der Waals surface area (Å²) in [5.41, 5.74) is 17.7.